The van der Waals surface area contributed by atoms with Crippen LogP contribution < -0.4 is 0 Å². The normalized spacial score (nSPS) is 22.0. The summed E-state index contributed by atoms with van der Waals surface area (Å²) in [6.07, 6.45) is 2.70. The first-order valence-corrected chi connectivity index (χ1v) is 8.66. The number of aliphatic hydroxyl groups excluding tert-OH is 1. The Morgan fingerprint density at radius 1 is 1.42 bits per heavy atom. The Bertz CT molecular complexity index is 617. The monoisotopic (exact) mass is 334 g/mol. The number of β-amino-alcohol motifs (C(OH)–C–C–N with tert-alkyl or cyclic N) is 1. The van der Waals surface area contributed by atoms with Gasteiger partial charge in [-0.3, -0.25) is 14.7 Å². The third-order valence-electron chi connectivity index (χ3n) is 5.27. The molecular formula is C17H26N4O3. The van der Waals surface area contributed by atoms with Crippen LogP contribution in [-0.4, -0.2) is 69.2 Å². The maximum Gasteiger partial charge on any atom is 0.274 e. The number of carbonyl (C=O) groups is 2. The second kappa shape index (κ2) is 6.55. The number of aromatic amines is 1. The molecule has 3 heterocycles. The highest BCUT2D eigenvalue weighted by Crippen LogP contribution is 2.40. The van der Waals surface area contributed by atoms with E-state index in [9.17, 15) is 14.7 Å². The molecule has 1 aromatic rings. The average Bonchev–Trinajstić information content (AvgIpc) is 2.97. The van der Waals surface area contributed by atoms with Gasteiger partial charge in [-0.25, -0.2) is 0 Å². The molecule has 0 bridgehead atoms. The molecule has 2 N–H and O–H groups in total. The van der Waals surface area contributed by atoms with Crippen molar-refractivity contribution in [3.8, 4) is 0 Å². The number of aromatic nitrogens is 2. The van der Waals surface area contributed by atoms with E-state index in [1.807, 2.05) is 11.8 Å². The van der Waals surface area contributed by atoms with Crippen LogP contribution in [0.4, 0.5) is 0 Å². The Kier molecular flexibility index (Phi) is 4.62. The first kappa shape index (κ1) is 17.0. The van der Waals surface area contributed by atoms with Crippen LogP contribution in [0, 0.1) is 12.3 Å². The van der Waals surface area contributed by atoms with Crippen LogP contribution in [0.5, 0.6) is 0 Å². The number of hydrogen-bond acceptors (Lipinski definition) is 4. The first-order chi connectivity index (χ1) is 11.4. The van der Waals surface area contributed by atoms with Crippen LogP contribution >= 0.6 is 0 Å². The minimum absolute atomic E-state index is 0.0260. The predicted octanol–water partition coefficient (Wildman–Crippen LogP) is 0.944. The standard InChI is InChI=1S/C17H26N4O3/c1-12-9-14(19-18-12)16(24)20-7-5-17(6-8-20)4-3-15(23)21(11-17)10-13(2)22/h9,13,22H,3-8,10-11H2,1-2H3,(H,18,19)/t13-/m0/s1. The maximum absolute atomic E-state index is 12.5. The van der Waals surface area contributed by atoms with Crippen LogP contribution in [0.3, 0.4) is 0 Å². The lowest BCUT2D eigenvalue weighted by Gasteiger charge is -2.47. The largest absolute Gasteiger partial charge is 0.392 e. The summed E-state index contributed by atoms with van der Waals surface area (Å²) in [5, 5.41) is 16.5. The molecule has 2 amide bonds. The van der Waals surface area contributed by atoms with Gasteiger partial charge in [0.2, 0.25) is 5.91 Å². The van der Waals surface area contributed by atoms with Gasteiger partial charge in [0.25, 0.3) is 5.91 Å². The number of rotatable bonds is 3. The van der Waals surface area contributed by atoms with E-state index in [-0.39, 0.29) is 17.2 Å². The summed E-state index contributed by atoms with van der Waals surface area (Å²) in [4.78, 5) is 28.2. The summed E-state index contributed by atoms with van der Waals surface area (Å²) in [6, 6.07) is 1.77. The van der Waals surface area contributed by atoms with E-state index in [1.54, 1.807) is 17.9 Å². The molecule has 2 aliphatic rings. The molecule has 0 saturated carbocycles. The molecule has 7 heteroatoms. The van der Waals surface area contributed by atoms with Crippen LogP contribution in [0.2, 0.25) is 0 Å². The second-order valence-corrected chi connectivity index (χ2v) is 7.35. The Morgan fingerprint density at radius 2 is 2.12 bits per heavy atom. The maximum atomic E-state index is 12.5. The summed E-state index contributed by atoms with van der Waals surface area (Å²) in [6.45, 7) is 6.07. The third-order valence-corrected chi connectivity index (χ3v) is 5.27. The van der Waals surface area contributed by atoms with Crippen molar-refractivity contribution in [2.75, 3.05) is 26.2 Å². The summed E-state index contributed by atoms with van der Waals surface area (Å²) in [5.41, 5.74) is 1.44. The number of aliphatic hydroxyl groups is 1. The Balaban J connectivity index is 1.61. The van der Waals surface area contributed by atoms with Crippen molar-refractivity contribution in [3.05, 3.63) is 17.5 Å². The van der Waals surface area contributed by atoms with Crippen molar-refractivity contribution in [1.82, 2.24) is 20.0 Å². The first-order valence-electron chi connectivity index (χ1n) is 8.66. The molecule has 1 spiro atoms. The Labute approximate surface area is 142 Å². The SMILES string of the molecule is Cc1cc(C(=O)N2CCC3(CCC(=O)N(C[C@H](C)O)C3)CC2)n[nH]1. The lowest BCUT2D eigenvalue weighted by atomic mass is 9.72. The number of amides is 2. The predicted molar refractivity (Wildman–Crippen MR) is 88.4 cm³/mol. The van der Waals surface area contributed by atoms with Crippen LogP contribution in [0.1, 0.15) is 48.8 Å². The topological polar surface area (TPSA) is 89.5 Å². The van der Waals surface area contributed by atoms with Gasteiger partial charge in [-0.1, -0.05) is 0 Å². The molecule has 2 aliphatic heterocycles. The lowest BCUT2D eigenvalue weighted by molar-refractivity contribution is -0.140. The molecule has 3 rings (SSSR count). The molecular weight excluding hydrogens is 308 g/mol. The minimum atomic E-state index is -0.506. The van der Waals surface area contributed by atoms with Gasteiger partial charge in [0.1, 0.15) is 5.69 Å². The zero-order chi connectivity index (χ0) is 17.3. The van der Waals surface area contributed by atoms with Gasteiger partial charge in [-0.15, -0.1) is 0 Å². The van der Waals surface area contributed by atoms with Crippen molar-refractivity contribution < 1.29 is 14.7 Å². The summed E-state index contributed by atoms with van der Waals surface area (Å²) >= 11 is 0. The van der Waals surface area contributed by atoms with E-state index < -0.39 is 6.10 Å². The van der Waals surface area contributed by atoms with Crippen molar-refractivity contribution in [2.24, 2.45) is 5.41 Å². The van der Waals surface area contributed by atoms with Gasteiger partial charge < -0.3 is 14.9 Å². The number of nitrogens with one attached hydrogen (secondary N) is 1. The second-order valence-electron chi connectivity index (χ2n) is 7.35. The van der Waals surface area contributed by atoms with Crippen molar-refractivity contribution in [2.45, 2.75) is 45.6 Å². The van der Waals surface area contributed by atoms with Crippen LogP contribution in [0.15, 0.2) is 6.07 Å². The highest BCUT2D eigenvalue weighted by atomic mass is 16.3. The number of piperidine rings is 2. The molecule has 0 radical (unpaired) electrons. The van der Waals surface area contributed by atoms with Gasteiger partial charge in [0.15, 0.2) is 0 Å². The van der Waals surface area contributed by atoms with Crippen molar-refractivity contribution in [1.29, 1.82) is 0 Å². The molecule has 1 atom stereocenters. The molecule has 132 valence electrons. The Morgan fingerprint density at radius 3 is 2.71 bits per heavy atom. The fraction of sp³-hybridized carbons (Fsp3) is 0.706. The van der Waals surface area contributed by atoms with Gasteiger partial charge in [0, 0.05) is 38.3 Å². The van der Waals surface area contributed by atoms with Gasteiger partial charge in [-0.2, -0.15) is 5.10 Å². The van der Waals surface area contributed by atoms with E-state index in [0.717, 1.165) is 25.0 Å². The van der Waals surface area contributed by atoms with Gasteiger partial charge >= 0.3 is 0 Å². The van der Waals surface area contributed by atoms with Crippen molar-refractivity contribution >= 4 is 11.8 Å². The smallest absolute Gasteiger partial charge is 0.274 e. The molecule has 2 saturated heterocycles. The van der Waals surface area contributed by atoms with E-state index in [0.29, 0.717) is 38.3 Å². The van der Waals surface area contributed by atoms with E-state index in [1.165, 1.54) is 0 Å². The third kappa shape index (κ3) is 3.45. The van der Waals surface area contributed by atoms with Crippen LogP contribution in [-0.2, 0) is 4.79 Å². The zero-order valence-corrected chi connectivity index (χ0v) is 14.4. The van der Waals surface area contributed by atoms with E-state index in [4.69, 9.17) is 0 Å². The summed E-state index contributed by atoms with van der Waals surface area (Å²) < 4.78 is 0. The van der Waals surface area contributed by atoms with E-state index >= 15 is 0 Å². The highest BCUT2D eigenvalue weighted by molar-refractivity contribution is 5.92. The number of hydrogen-bond donors (Lipinski definition) is 2. The fourth-order valence-corrected chi connectivity index (χ4v) is 3.87. The molecule has 2 fully saturated rings. The summed E-state index contributed by atoms with van der Waals surface area (Å²) in [7, 11) is 0. The minimum Gasteiger partial charge on any atom is -0.392 e. The molecule has 0 unspecified atom stereocenters. The molecule has 0 aliphatic carbocycles. The van der Waals surface area contributed by atoms with Crippen molar-refractivity contribution in [3.63, 3.8) is 0 Å². The fourth-order valence-electron chi connectivity index (χ4n) is 3.87. The van der Waals surface area contributed by atoms with E-state index in [2.05, 4.69) is 10.2 Å². The lowest BCUT2D eigenvalue weighted by Crippen LogP contribution is -2.53. The summed E-state index contributed by atoms with van der Waals surface area (Å²) in [5.74, 6) is 0.106. The molecule has 24 heavy (non-hydrogen) atoms. The molecule has 7 nitrogen and oxygen atoms in total. The number of aryl methyl sites for hydroxylation is 1. The average molecular weight is 334 g/mol. The van der Waals surface area contributed by atoms with Gasteiger partial charge in [0.05, 0.1) is 6.10 Å². The highest BCUT2D eigenvalue weighted by Gasteiger charge is 2.42. The number of H-pyrrole nitrogens is 1. The van der Waals surface area contributed by atoms with Crippen LogP contribution in [0.25, 0.3) is 0 Å². The number of carbonyl (C=O) groups excluding carboxylic acids is 2. The zero-order valence-electron chi connectivity index (χ0n) is 14.4. The molecule has 0 aromatic carbocycles. The van der Waals surface area contributed by atoms with Gasteiger partial charge in [-0.05, 0) is 44.6 Å². The number of likely N-dealkylation sites (tertiary alicyclic amines) is 2. The Hall–Kier alpha value is -1.89. The molecule has 1 aromatic heterocycles. The number of nitrogens with zero attached hydrogens (tertiary/aromatic N) is 3. The quantitative estimate of drug-likeness (QED) is 0.861.